The molecule has 3 nitrogen and oxygen atoms in total. The molecule has 0 radical (unpaired) electrons. The summed E-state index contributed by atoms with van der Waals surface area (Å²) in [5, 5.41) is 3.40. The molecule has 0 atom stereocenters. The third-order valence-electron chi connectivity index (χ3n) is 3.14. The lowest BCUT2D eigenvalue weighted by molar-refractivity contribution is 0.461. The molecule has 2 rings (SSSR count). The fourth-order valence-corrected chi connectivity index (χ4v) is 2.04. The van der Waals surface area contributed by atoms with E-state index in [1.165, 1.54) is 5.69 Å². The number of hydrogen-bond acceptors (Lipinski definition) is 3. The number of nitrogens with one attached hydrogen (secondary N) is 1. The Balaban J connectivity index is 1.62. The van der Waals surface area contributed by atoms with Gasteiger partial charge in [0.15, 0.2) is 0 Å². The summed E-state index contributed by atoms with van der Waals surface area (Å²) in [7, 11) is 2.13. The Labute approximate surface area is 115 Å². The van der Waals surface area contributed by atoms with Gasteiger partial charge in [-0.2, -0.15) is 0 Å². The first-order chi connectivity index (χ1) is 9.25. The fourth-order valence-electron chi connectivity index (χ4n) is 2.04. The van der Waals surface area contributed by atoms with Gasteiger partial charge in [0.2, 0.25) is 0 Å². The van der Waals surface area contributed by atoms with Crippen LogP contribution in [0.25, 0.3) is 0 Å². The van der Waals surface area contributed by atoms with Crippen LogP contribution in [0.4, 0.5) is 5.69 Å². The van der Waals surface area contributed by atoms with E-state index in [1.807, 2.05) is 25.1 Å². The summed E-state index contributed by atoms with van der Waals surface area (Å²) in [5.41, 5.74) is 1.27. The standard InChI is InChI=1S/C16H22N2O/c1-14-9-10-16(19-14)13-17-11-6-12-18(2)15-7-4-3-5-8-15/h3-5,7-10,17H,6,11-13H2,1-2H3. The molecule has 0 saturated heterocycles. The van der Waals surface area contributed by atoms with Crippen molar-refractivity contribution in [2.45, 2.75) is 19.9 Å². The molecule has 0 aliphatic heterocycles. The molecule has 0 unspecified atom stereocenters. The van der Waals surface area contributed by atoms with Crippen molar-refractivity contribution >= 4 is 5.69 Å². The van der Waals surface area contributed by atoms with Crippen molar-refractivity contribution in [2.24, 2.45) is 0 Å². The summed E-state index contributed by atoms with van der Waals surface area (Å²) in [6, 6.07) is 14.5. The highest BCUT2D eigenvalue weighted by Crippen LogP contribution is 2.10. The minimum atomic E-state index is 0.808. The zero-order chi connectivity index (χ0) is 13.5. The number of rotatable bonds is 7. The molecule has 1 heterocycles. The van der Waals surface area contributed by atoms with Crippen molar-refractivity contribution in [1.82, 2.24) is 5.32 Å². The van der Waals surface area contributed by atoms with Gasteiger partial charge in [-0.1, -0.05) is 18.2 Å². The zero-order valence-electron chi connectivity index (χ0n) is 11.7. The van der Waals surface area contributed by atoms with Crippen LogP contribution < -0.4 is 10.2 Å². The van der Waals surface area contributed by atoms with Crippen LogP contribution in [-0.2, 0) is 6.54 Å². The maximum Gasteiger partial charge on any atom is 0.117 e. The van der Waals surface area contributed by atoms with Crippen LogP contribution in [0.15, 0.2) is 46.9 Å². The SMILES string of the molecule is Cc1ccc(CNCCCN(C)c2ccccc2)o1. The Hall–Kier alpha value is -1.74. The molecule has 19 heavy (non-hydrogen) atoms. The molecule has 1 aromatic carbocycles. The minimum absolute atomic E-state index is 0.808. The largest absolute Gasteiger partial charge is 0.465 e. The summed E-state index contributed by atoms with van der Waals surface area (Å²) in [6.45, 7) is 4.83. The van der Waals surface area contributed by atoms with Crippen molar-refractivity contribution in [3.8, 4) is 0 Å². The molecule has 0 amide bonds. The Bertz CT molecular complexity index is 479. The predicted octanol–water partition coefficient (Wildman–Crippen LogP) is 3.20. The van der Waals surface area contributed by atoms with Crippen molar-refractivity contribution < 1.29 is 4.42 Å². The Morgan fingerprint density at radius 3 is 2.58 bits per heavy atom. The number of furan rings is 1. The number of hydrogen-bond donors (Lipinski definition) is 1. The van der Waals surface area contributed by atoms with Gasteiger partial charge in [-0.3, -0.25) is 0 Å². The minimum Gasteiger partial charge on any atom is -0.465 e. The fraction of sp³-hybridized carbons (Fsp3) is 0.375. The lowest BCUT2D eigenvalue weighted by Gasteiger charge is -2.19. The maximum atomic E-state index is 5.51. The van der Waals surface area contributed by atoms with Crippen LogP contribution in [0, 0.1) is 6.92 Å². The first-order valence-corrected chi connectivity index (χ1v) is 6.78. The molecule has 0 aliphatic carbocycles. The lowest BCUT2D eigenvalue weighted by atomic mass is 10.3. The lowest BCUT2D eigenvalue weighted by Crippen LogP contribution is -2.23. The highest BCUT2D eigenvalue weighted by Gasteiger charge is 2.00. The summed E-state index contributed by atoms with van der Waals surface area (Å²) >= 11 is 0. The molecule has 1 aromatic heterocycles. The predicted molar refractivity (Wildman–Crippen MR) is 79.5 cm³/mol. The number of aryl methyl sites for hydroxylation is 1. The third kappa shape index (κ3) is 4.45. The van der Waals surface area contributed by atoms with Gasteiger partial charge in [-0.05, 0) is 44.2 Å². The van der Waals surface area contributed by atoms with Gasteiger partial charge in [0.25, 0.3) is 0 Å². The van der Waals surface area contributed by atoms with Crippen molar-refractivity contribution in [3.05, 3.63) is 54.0 Å². The smallest absolute Gasteiger partial charge is 0.117 e. The Morgan fingerprint density at radius 2 is 1.89 bits per heavy atom. The highest BCUT2D eigenvalue weighted by atomic mass is 16.3. The summed E-state index contributed by atoms with van der Waals surface area (Å²) in [4.78, 5) is 2.28. The van der Waals surface area contributed by atoms with Crippen molar-refractivity contribution in [2.75, 3.05) is 25.0 Å². The van der Waals surface area contributed by atoms with E-state index in [0.717, 1.165) is 37.6 Å². The molecule has 1 N–H and O–H groups in total. The third-order valence-corrected chi connectivity index (χ3v) is 3.14. The van der Waals surface area contributed by atoms with Crippen LogP contribution in [0.5, 0.6) is 0 Å². The monoisotopic (exact) mass is 258 g/mol. The van der Waals surface area contributed by atoms with E-state index in [1.54, 1.807) is 0 Å². The van der Waals surface area contributed by atoms with E-state index in [9.17, 15) is 0 Å². The zero-order valence-corrected chi connectivity index (χ0v) is 11.7. The van der Waals surface area contributed by atoms with Crippen molar-refractivity contribution in [1.29, 1.82) is 0 Å². The molecular formula is C16H22N2O. The van der Waals surface area contributed by atoms with Crippen LogP contribution in [0.1, 0.15) is 17.9 Å². The summed E-state index contributed by atoms with van der Waals surface area (Å²) in [5.74, 6) is 1.98. The van der Waals surface area contributed by atoms with Gasteiger partial charge in [-0.25, -0.2) is 0 Å². The summed E-state index contributed by atoms with van der Waals surface area (Å²) < 4.78 is 5.51. The van der Waals surface area contributed by atoms with Crippen LogP contribution in [0.2, 0.25) is 0 Å². The maximum absolute atomic E-state index is 5.51. The second kappa shape index (κ2) is 7.00. The van der Waals surface area contributed by atoms with Gasteiger partial charge in [-0.15, -0.1) is 0 Å². The number of anilines is 1. The number of benzene rings is 1. The van der Waals surface area contributed by atoms with Crippen LogP contribution >= 0.6 is 0 Å². The summed E-state index contributed by atoms with van der Waals surface area (Å²) in [6.07, 6.45) is 1.12. The Morgan fingerprint density at radius 1 is 1.11 bits per heavy atom. The molecule has 102 valence electrons. The van der Waals surface area contributed by atoms with Gasteiger partial charge >= 0.3 is 0 Å². The van der Waals surface area contributed by atoms with Gasteiger partial charge in [0.05, 0.1) is 6.54 Å². The van der Waals surface area contributed by atoms with E-state index >= 15 is 0 Å². The highest BCUT2D eigenvalue weighted by molar-refractivity contribution is 5.44. The molecular weight excluding hydrogens is 236 g/mol. The van der Waals surface area contributed by atoms with Gasteiger partial charge < -0.3 is 14.6 Å². The van der Waals surface area contributed by atoms with E-state index in [0.29, 0.717) is 0 Å². The first-order valence-electron chi connectivity index (χ1n) is 6.78. The molecule has 2 aromatic rings. The Kier molecular flexibility index (Phi) is 5.04. The number of para-hydroxylation sites is 1. The first kappa shape index (κ1) is 13.7. The van der Waals surface area contributed by atoms with Crippen LogP contribution in [-0.4, -0.2) is 20.1 Å². The van der Waals surface area contributed by atoms with E-state index in [4.69, 9.17) is 4.42 Å². The number of nitrogens with zero attached hydrogens (tertiary/aromatic N) is 1. The molecule has 3 heteroatoms. The quantitative estimate of drug-likeness (QED) is 0.773. The van der Waals surface area contributed by atoms with E-state index in [-0.39, 0.29) is 0 Å². The van der Waals surface area contributed by atoms with Crippen molar-refractivity contribution in [3.63, 3.8) is 0 Å². The van der Waals surface area contributed by atoms with Gasteiger partial charge in [0.1, 0.15) is 11.5 Å². The second-order valence-electron chi connectivity index (χ2n) is 4.80. The molecule has 0 bridgehead atoms. The molecule has 0 fully saturated rings. The normalized spacial score (nSPS) is 10.6. The average Bonchev–Trinajstić information content (AvgIpc) is 2.85. The average molecular weight is 258 g/mol. The topological polar surface area (TPSA) is 28.4 Å². The van der Waals surface area contributed by atoms with Crippen LogP contribution in [0.3, 0.4) is 0 Å². The molecule has 0 saturated carbocycles. The molecule has 0 spiro atoms. The van der Waals surface area contributed by atoms with Gasteiger partial charge in [0, 0.05) is 19.3 Å². The van der Waals surface area contributed by atoms with E-state index < -0.39 is 0 Å². The van der Waals surface area contributed by atoms with E-state index in [2.05, 4.69) is 41.5 Å². The molecule has 0 aliphatic rings. The second-order valence-corrected chi connectivity index (χ2v) is 4.80.